The Morgan fingerprint density at radius 1 is 1.16 bits per heavy atom. The number of likely N-dealkylation sites (tertiary alicyclic amines) is 2. The lowest BCUT2D eigenvalue weighted by Crippen LogP contribution is -2.49. The molecular formula is C16H31N3. The van der Waals surface area contributed by atoms with Crippen molar-refractivity contribution in [1.29, 1.82) is 0 Å². The first-order valence-electron chi connectivity index (χ1n) is 8.32. The Morgan fingerprint density at radius 3 is 2.74 bits per heavy atom. The van der Waals surface area contributed by atoms with Gasteiger partial charge in [-0.1, -0.05) is 6.92 Å². The van der Waals surface area contributed by atoms with Crippen molar-refractivity contribution < 1.29 is 0 Å². The van der Waals surface area contributed by atoms with Gasteiger partial charge < -0.3 is 10.2 Å². The molecular weight excluding hydrogens is 234 g/mol. The largest absolute Gasteiger partial charge is 0.316 e. The summed E-state index contributed by atoms with van der Waals surface area (Å²) in [4.78, 5) is 5.51. The van der Waals surface area contributed by atoms with Crippen molar-refractivity contribution >= 4 is 0 Å². The van der Waals surface area contributed by atoms with Crippen molar-refractivity contribution in [3.8, 4) is 0 Å². The molecule has 0 aliphatic carbocycles. The van der Waals surface area contributed by atoms with E-state index >= 15 is 0 Å². The van der Waals surface area contributed by atoms with Gasteiger partial charge in [-0.15, -0.1) is 0 Å². The Bertz CT molecular complexity index is 315. The molecule has 3 aliphatic heterocycles. The van der Waals surface area contributed by atoms with Gasteiger partial charge in [0.15, 0.2) is 0 Å². The summed E-state index contributed by atoms with van der Waals surface area (Å²) < 4.78 is 0. The highest BCUT2D eigenvalue weighted by Crippen LogP contribution is 2.43. The number of fused-ring (bicyclic) bond motifs is 1. The van der Waals surface area contributed by atoms with Gasteiger partial charge in [-0.25, -0.2) is 0 Å². The molecule has 1 N–H and O–H groups in total. The highest BCUT2D eigenvalue weighted by atomic mass is 15.3. The van der Waals surface area contributed by atoms with Crippen molar-refractivity contribution in [2.45, 2.75) is 51.6 Å². The highest BCUT2D eigenvalue weighted by molar-refractivity contribution is 5.06. The number of hydrogen-bond donors (Lipinski definition) is 1. The molecule has 0 aromatic rings. The molecule has 110 valence electrons. The fourth-order valence-corrected chi connectivity index (χ4v) is 4.84. The van der Waals surface area contributed by atoms with Gasteiger partial charge in [0.05, 0.1) is 0 Å². The molecule has 3 aliphatic rings. The van der Waals surface area contributed by atoms with E-state index in [1.165, 1.54) is 58.5 Å². The lowest BCUT2D eigenvalue weighted by atomic mass is 9.84. The maximum absolute atomic E-state index is 3.60. The van der Waals surface area contributed by atoms with Gasteiger partial charge in [0, 0.05) is 24.7 Å². The van der Waals surface area contributed by atoms with Crippen LogP contribution in [0, 0.1) is 11.8 Å². The van der Waals surface area contributed by atoms with Gasteiger partial charge in [0.1, 0.15) is 0 Å². The van der Waals surface area contributed by atoms with Crippen LogP contribution < -0.4 is 5.32 Å². The molecule has 3 saturated heterocycles. The van der Waals surface area contributed by atoms with E-state index < -0.39 is 0 Å². The Morgan fingerprint density at radius 2 is 2.00 bits per heavy atom. The normalized spacial score (nSPS) is 40.3. The second kappa shape index (κ2) is 5.34. The first kappa shape index (κ1) is 13.8. The van der Waals surface area contributed by atoms with Crippen LogP contribution in [0.5, 0.6) is 0 Å². The molecule has 0 bridgehead atoms. The molecule has 3 unspecified atom stereocenters. The number of nitrogens with one attached hydrogen (secondary N) is 1. The van der Waals surface area contributed by atoms with Crippen LogP contribution in [0.1, 0.15) is 40.0 Å². The predicted molar refractivity (Wildman–Crippen MR) is 80.4 cm³/mol. The average Bonchev–Trinajstić information content (AvgIpc) is 2.85. The van der Waals surface area contributed by atoms with Crippen LogP contribution in [0.3, 0.4) is 0 Å². The third kappa shape index (κ3) is 2.45. The maximum Gasteiger partial charge on any atom is 0.0200 e. The van der Waals surface area contributed by atoms with E-state index in [1.54, 1.807) is 0 Å². The van der Waals surface area contributed by atoms with E-state index in [-0.39, 0.29) is 0 Å². The number of hydrogen-bond acceptors (Lipinski definition) is 3. The van der Waals surface area contributed by atoms with Crippen LogP contribution >= 0.6 is 0 Å². The van der Waals surface area contributed by atoms with E-state index in [0.717, 1.165) is 17.9 Å². The first-order valence-corrected chi connectivity index (χ1v) is 8.32. The third-order valence-electron chi connectivity index (χ3n) is 6.10. The summed E-state index contributed by atoms with van der Waals surface area (Å²) >= 11 is 0. The SMILES string of the molecule is CCN1CCCC(N2CC3CNCC3C2(C)C)CC1. The van der Waals surface area contributed by atoms with E-state index in [2.05, 4.69) is 35.9 Å². The van der Waals surface area contributed by atoms with Crippen molar-refractivity contribution in [3.05, 3.63) is 0 Å². The molecule has 0 saturated carbocycles. The molecule has 3 heteroatoms. The number of rotatable bonds is 2. The standard InChI is InChI=1S/C16H31N3/c1-4-18-8-5-6-14(7-9-18)19-12-13-10-17-11-15(13)16(19,2)3/h13-15,17H,4-12H2,1-3H3. The Balaban J connectivity index is 1.68. The summed E-state index contributed by atoms with van der Waals surface area (Å²) in [6, 6.07) is 0.831. The zero-order valence-electron chi connectivity index (χ0n) is 13.0. The Labute approximate surface area is 118 Å². The zero-order valence-corrected chi connectivity index (χ0v) is 13.0. The molecule has 3 heterocycles. The Kier molecular flexibility index (Phi) is 3.89. The summed E-state index contributed by atoms with van der Waals surface area (Å²) in [5.41, 5.74) is 0.403. The van der Waals surface area contributed by atoms with Crippen LogP contribution in [-0.4, -0.2) is 60.6 Å². The molecule has 0 aromatic heterocycles. The van der Waals surface area contributed by atoms with Crippen molar-refractivity contribution in [1.82, 2.24) is 15.1 Å². The van der Waals surface area contributed by atoms with E-state index in [9.17, 15) is 0 Å². The molecule has 0 amide bonds. The number of nitrogens with zero attached hydrogens (tertiary/aromatic N) is 2. The predicted octanol–water partition coefficient (Wildman–Crippen LogP) is 1.79. The molecule has 3 nitrogen and oxygen atoms in total. The lowest BCUT2D eigenvalue weighted by Gasteiger charge is -2.41. The van der Waals surface area contributed by atoms with Gasteiger partial charge >= 0.3 is 0 Å². The van der Waals surface area contributed by atoms with E-state index in [4.69, 9.17) is 0 Å². The summed E-state index contributed by atoms with van der Waals surface area (Å²) in [5.74, 6) is 1.78. The van der Waals surface area contributed by atoms with E-state index in [1.807, 2.05) is 0 Å². The van der Waals surface area contributed by atoms with Crippen LogP contribution in [0.2, 0.25) is 0 Å². The van der Waals surface area contributed by atoms with Gasteiger partial charge in [-0.2, -0.15) is 0 Å². The summed E-state index contributed by atoms with van der Waals surface area (Å²) in [7, 11) is 0. The third-order valence-corrected chi connectivity index (χ3v) is 6.10. The molecule has 0 radical (unpaired) electrons. The van der Waals surface area contributed by atoms with Gasteiger partial charge in [-0.05, 0) is 71.1 Å². The summed E-state index contributed by atoms with van der Waals surface area (Å²) in [5, 5.41) is 3.60. The summed E-state index contributed by atoms with van der Waals surface area (Å²) in [6.07, 6.45) is 4.18. The fraction of sp³-hybridized carbons (Fsp3) is 1.00. The maximum atomic E-state index is 3.60. The minimum atomic E-state index is 0.403. The van der Waals surface area contributed by atoms with E-state index in [0.29, 0.717) is 5.54 Å². The minimum absolute atomic E-state index is 0.403. The molecule has 3 fully saturated rings. The van der Waals surface area contributed by atoms with Crippen molar-refractivity contribution in [3.63, 3.8) is 0 Å². The van der Waals surface area contributed by atoms with Crippen LogP contribution in [0.15, 0.2) is 0 Å². The highest BCUT2D eigenvalue weighted by Gasteiger charge is 2.51. The van der Waals surface area contributed by atoms with Crippen molar-refractivity contribution in [2.75, 3.05) is 39.3 Å². The van der Waals surface area contributed by atoms with Gasteiger partial charge in [0.2, 0.25) is 0 Å². The van der Waals surface area contributed by atoms with Crippen molar-refractivity contribution in [2.24, 2.45) is 11.8 Å². The fourth-order valence-electron chi connectivity index (χ4n) is 4.84. The minimum Gasteiger partial charge on any atom is -0.316 e. The molecule has 19 heavy (non-hydrogen) atoms. The molecule has 0 spiro atoms. The topological polar surface area (TPSA) is 18.5 Å². The molecule has 0 aromatic carbocycles. The smallest absolute Gasteiger partial charge is 0.0200 e. The zero-order chi connectivity index (χ0) is 13.5. The first-order chi connectivity index (χ1) is 9.13. The lowest BCUT2D eigenvalue weighted by molar-refractivity contribution is 0.0801. The monoisotopic (exact) mass is 265 g/mol. The molecule has 3 rings (SSSR count). The average molecular weight is 265 g/mol. The van der Waals surface area contributed by atoms with Crippen LogP contribution in [0.4, 0.5) is 0 Å². The van der Waals surface area contributed by atoms with Gasteiger partial charge in [-0.3, -0.25) is 4.90 Å². The van der Waals surface area contributed by atoms with Crippen LogP contribution in [-0.2, 0) is 0 Å². The Hall–Kier alpha value is -0.120. The summed E-state index contributed by atoms with van der Waals surface area (Å²) in [6.45, 7) is 15.0. The second-order valence-corrected chi connectivity index (χ2v) is 7.35. The second-order valence-electron chi connectivity index (χ2n) is 7.35. The molecule has 3 atom stereocenters. The van der Waals surface area contributed by atoms with Gasteiger partial charge in [0.25, 0.3) is 0 Å². The van der Waals surface area contributed by atoms with Crippen LogP contribution in [0.25, 0.3) is 0 Å². The quantitative estimate of drug-likeness (QED) is 0.821.